The average molecular weight is 279 g/mol. The highest BCUT2D eigenvalue weighted by atomic mass is 16.2. The molecule has 0 unspecified atom stereocenters. The normalized spacial score (nSPS) is 25.0. The molecule has 4 nitrogen and oxygen atoms in total. The second-order valence-electron chi connectivity index (χ2n) is 6.77. The maximum Gasteiger partial charge on any atom is 0.224 e. The summed E-state index contributed by atoms with van der Waals surface area (Å²) in [6, 6.07) is 0.580. The molecule has 1 N–H and O–H groups in total. The van der Waals surface area contributed by atoms with Crippen LogP contribution in [0.3, 0.4) is 0 Å². The van der Waals surface area contributed by atoms with Crippen molar-refractivity contribution >= 4 is 5.91 Å². The first-order valence-corrected chi connectivity index (χ1v) is 8.55. The molecule has 0 spiro atoms. The van der Waals surface area contributed by atoms with Gasteiger partial charge in [-0.3, -0.25) is 4.79 Å². The number of nitrogens with one attached hydrogen (secondary N) is 1. The van der Waals surface area contributed by atoms with E-state index in [1.807, 2.05) is 0 Å². The number of piperidine rings is 1. The summed E-state index contributed by atoms with van der Waals surface area (Å²) in [5.41, 5.74) is 0. The predicted molar refractivity (Wildman–Crippen MR) is 80.6 cm³/mol. The third-order valence-electron chi connectivity index (χ3n) is 5.06. The predicted octanol–water partition coefficient (Wildman–Crippen LogP) is 1.46. The van der Waals surface area contributed by atoms with E-state index in [9.17, 15) is 4.79 Å². The minimum Gasteiger partial charge on any atom is -0.339 e. The Hall–Kier alpha value is -0.610. The van der Waals surface area contributed by atoms with Gasteiger partial charge in [0.25, 0.3) is 0 Å². The summed E-state index contributed by atoms with van der Waals surface area (Å²) in [5, 5.41) is 3.41. The van der Waals surface area contributed by atoms with Gasteiger partial charge in [-0.1, -0.05) is 0 Å². The van der Waals surface area contributed by atoms with Crippen LogP contribution in [0, 0.1) is 5.92 Å². The molecule has 0 bridgehead atoms. The van der Waals surface area contributed by atoms with Crippen LogP contribution >= 0.6 is 0 Å². The fourth-order valence-corrected chi connectivity index (χ4v) is 3.59. The molecule has 114 valence electrons. The summed E-state index contributed by atoms with van der Waals surface area (Å²) in [6.07, 6.45) is 8.32. The van der Waals surface area contributed by atoms with Gasteiger partial charge in [0.15, 0.2) is 0 Å². The van der Waals surface area contributed by atoms with Gasteiger partial charge in [0.05, 0.1) is 0 Å². The number of carbonyl (C=O) groups is 1. The van der Waals surface area contributed by atoms with Crippen LogP contribution in [-0.2, 0) is 4.79 Å². The lowest BCUT2D eigenvalue weighted by molar-refractivity contribution is -0.132. The fourth-order valence-electron chi connectivity index (χ4n) is 3.59. The molecule has 20 heavy (non-hydrogen) atoms. The number of amides is 1. The molecule has 2 aliphatic heterocycles. The van der Waals surface area contributed by atoms with E-state index in [1.165, 1.54) is 51.6 Å². The summed E-state index contributed by atoms with van der Waals surface area (Å²) >= 11 is 0. The maximum atomic E-state index is 12.5. The number of nitrogens with zero attached hydrogens (tertiary/aromatic N) is 2. The highest BCUT2D eigenvalue weighted by Crippen LogP contribution is 2.29. The molecule has 0 atom stereocenters. The van der Waals surface area contributed by atoms with Crippen LogP contribution in [0.1, 0.15) is 44.9 Å². The number of likely N-dealkylation sites (tertiary alicyclic amines) is 1. The van der Waals surface area contributed by atoms with Crippen molar-refractivity contribution < 1.29 is 4.79 Å². The van der Waals surface area contributed by atoms with Crippen LogP contribution in [0.4, 0.5) is 0 Å². The van der Waals surface area contributed by atoms with Gasteiger partial charge < -0.3 is 15.1 Å². The smallest absolute Gasteiger partial charge is 0.224 e. The first-order chi connectivity index (χ1) is 9.83. The van der Waals surface area contributed by atoms with E-state index in [1.54, 1.807) is 0 Å². The van der Waals surface area contributed by atoms with Crippen molar-refractivity contribution in [2.45, 2.75) is 51.0 Å². The van der Waals surface area contributed by atoms with Crippen molar-refractivity contribution in [3.05, 3.63) is 0 Å². The maximum absolute atomic E-state index is 12.5. The molecule has 1 amide bonds. The molecule has 4 heteroatoms. The molecule has 0 aromatic carbocycles. The van der Waals surface area contributed by atoms with E-state index >= 15 is 0 Å². The minimum absolute atomic E-state index is 0.415. The average Bonchev–Trinajstić information content (AvgIpc) is 3.19. The zero-order valence-corrected chi connectivity index (χ0v) is 12.6. The number of hydrogen-bond donors (Lipinski definition) is 1. The van der Waals surface area contributed by atoms with Gasteiger partial charge in [0.2, 0.25) is 5.91 Å². The van der Waals surface area contributed by atoms with Crippen molar-refractivity contribution in [2.75, 3.05) is 39.3 Å². The van der Waals surface area contributed by atoms with E-state index in [0.717, 1.165) is 38.5 Å². The first-order valence-electron chi connectivity index (χ1n) is 8.55. The monoisotopic (exact) mass is 279 g/mol. The van der Waals surface area contributed by atoms with Crippen molar-refractivity contribution in [3.63, 3.8) is 0 Å². The number of rotatable bonds is 6. The van der Waals surface area contributed by atoms with Gasteiger partial charge in [0.1, 0.15) is 0 Å². The van der Waals surface area contributed by atoms with Crippen LogP contribution in [-0.4, -0.2) is 61.0 Å². The molecule has 2 heterocycles. The standard InChI is InChI=1S/C16H29N3O/c20-16(7-12-18-10-1-2-11-18)19(15-3-4-15)13-14-5-8-17-9-6-14/h14-15,17H,1-13H2. The van der Waals surface area contributed by atoms with Gasteiger partial charge in [0, 0.05) is 25.6 Å². The Morgan fingerprint density at radius 1 is 1.10 bits per heavy atom. The quantitative estimate of drug-likeness (QED) is 0.799. The second-order valence-corrected chi connectivity index (χ2v) is 6.77. The number of carbonyl (C=O) groups excluding carboxylic acids is 1. The highest BCUT2D eigenvalue weighted by molar-refractivity contribution is 5.77. The van der Waals surface area contributed by atoms with Gasteiger partial charge in [-0.15, -0.1) is 0 Å². The van der Waals surface area contributed by atoms with E-state index in [2.05, 4.69) is 15.1 Å². The lowest BCUT2D eigenvalue weighted by Gasteiger charge is -2.30. The highest BCUT2D eigenvalue weighted by Gasteiger charge is 2.34. The molecule has 0 aromatic rings. The Bertz CT molecular complexity index is 318. The fraction of sp³-hybridized carbons (Fsp3) is 0.938. The summed E-state index contributed by atoms with van der Waals surface area (Å²) in [4.78, 5) is 17.2. The van der Waals surface area contributed by atoms with Gasteiger partial charge in [-0.2, -0.15) is 0 Å². The van der Waals surface area contributed by atoms with Crippen molar-refractivity contribution in [1.29, 1.82) is 0 Å². The van der Waals surface area contributed by atoms with Crippen molar-refractivity contribution in [2.24, 2.45) is 5.92 Å². The van der Waals surface area contributed by atoms with Crippen LogP contribution in [0.15, 0.2) is 0 Å². The Kier molecular flexibility index (Phi) is 4.94. The van der Waals surface area contributed by atoms with Crippen LogP contribution < -0.4 is 5.32 Å². The second kappa shape index (κ2) is 6.90. The van der Waals surface area contributed by atoms with Gasteiger partial charge in [-0.05, 0) is 70.6 Å². The molecule has 1 aliphatic carbocycles. The lowest BCUT2D eigenvalue weighted by atomic mass is 9.97. The van der Waals surface area contributed by atoms with E-state index in [4.69, 9.17) is 0 Å². The Morgan fingerprint density at radius 2 is 1.80 bits per heavy atom. The summed E-state index contributed by atoms with van der Waals surface area (Å²) in [6.45, 7) is 6.66. The summed E-state index contributed by atoms with van der Waals surface area (Å²) in [5.74, 6) is 1.14. The van der Waals surface area contributed by atoms with E-state index in [-0.39, 0.29) is 0 Å². The summed E-state index contributed by atoms with van der Waals surface area (Å²) in [7, 11) is 0. The Morgan fingerprint density at radius 3 is 2.45 bits per heavy atom. The zero-order chi connectivity index (χ0) is 13.8. The Balaban J connectivity index is 1.46. The van der Waals surface area contributed by atoms with Crippen molar-refractivity contribution in [1.82, 2.24) is 15.1 Å². The van der Waals surface area contributed by atoms with Crippen LogP contribution in [0.2, 0.25) is 0 Å². The molecule has 3 rings (SSSR count). The third kappa shape index (κ3) is 3.95. The minimum atomic E-state index is 0.415. The number of hydrogen-bond acceptors (Lipinski definition) is 3. The third-order valence-corrected chi connectivity index (χ3v) is 5.06. The van der Waals surface area contributed by atoms with Crippen LogP contribution in [0.5, 0.6) is 0 Å². The molecule has 3 aliphatic rings. The van der Waals surface area contributed by atoms with E-state index < -0.39 is 0 Å². The first kappa shape index (κ1) is 14.3. The van der Waals surface area contributed by atoms with E-state index in [0.29, 0.717) is 11.9 Å². The van der Waals surface area contributed by atoms with Gasteiger partial charge in [-0.25, -0.2) is 0 Å². The molecule has 2 saturated heterocycles. The van der Waals surface area contributed by atoms with Crippen molar-refractivity contribution in [3.8, 4) is 0 Å². The SMILES string of the molecule is O=C(CCN1CCCC1)N(CC1CCNCC1)C1CC1. The molecule has 0 aromatic heterocycles. The Labute approximate surface area is 122 Å². The topological polar surface area (TPSA) is 35.6 Å². The molecular weight excluding hydrogens is 250 g/mol. The molecular formula is C16H29N3O. The molecule has 1 saturated carbocycles. The van der Waals surface area contributed by atoms with Gasteiger partial charge >= 0.3 is 0 Å². The summed E-state index contributed by atoms with van der Waals surface area (Å²) < 4.78 is 0. The molecule has 0 radical (unpaired) electrons. The zero-order valence-electron chi connectivity index (χ0n) is 12.6. The lowest BCUT2D eigenvalue weighted by Crippen LogP contribution is -2.41. The largest absolute Gasteiger partial charge is 0.339 e. The molecule has 3 fully saturated rings. The van der Waals surface area contributed by atoms with Crippen LogP contribution in [0.25, 0.3) is 0 Å².